The van der Waals surface area contributed by atoms with Crippen molar-refractivity contribution in [2.75, 3.05) is 39.4 Å². The van der Waals surface area contributed by atoms with Gasteiger partial charge in [-0.2, -0.15) is 0 Å². The third-order valence-electron chi connectivity index (χ3n) is 7.26. The summed E-state index contributed by atoms with van der Waals surface area (Å²) in [5, 5.41) is 0. The Hall–Kier alpha value is -3.16. The molecule has 1 aromatic carbocycles. The van der Waals surface area contributed by atoms with Crippen LogP contribution in [0.4, 0.5) is 0 Å². The summed E-state index contributed by atoms with van der Waals surface area (Å²) in [4.78, 5) is 31.7. The highest BCUT2D eigenvalue weighted by atomic mass is 16.5. The molecule has 3 aromatic rings. The number of hydrogen-bond donors (Lipinski definition) is 0. The summed E-state index contributed by atoms with van der Waals surface area (Å²) in [5.41, 5.74) is 5.37. The highest BCUT2D eigenvalue weighted by molar-refractivity contribution is 5.82. The molecule has 0 unspecified atom stereocenters. The number of rotatable bonds is 5. The average Bonchev–Trinajstić information content (AvgIpc) is 2.93. The van der Waals surface area contributed by atoms with Crippen molar-refractivity contribution in [1.29, 1.82) is 0 Å². The smallest absolute Gasteiger partial charge is 0.239 e. The van der Waals surface area contributed by atoms with Crippen molar-refractivity contribution in [3.05, 3.63) is 66.2 Å². The monoisotopic (exact) mass is 471 g/mol. The lowest BCUT2D eigenvalue weighted by atomic mass is 9.88. The van der Waals surface area contributed by atoms with Crippen molar-refractivity contribution in [2.45, 2.75) is 38.6 Å². The number of ether oxygens (including phenoxy) is 1. The maximum absolute atomic E-state index is 13.5. The quantitative estimate of drug-likeness (QED) is 0.561. The minimum absolute atomic E-state index is 0.133. The average molecular weight is 472 g/mol. The van der Waals surface area contributed by atoms with Crippen LogP contribution in [0.5, 0.6) is 0 Å². The molecule has 1 amide bonds. The molecule has 2 saturated heterocycles. The number of piperidine rings is 1. The van der Waals surface area contributed by atoms with Gasteiger partial charge < -0.3 is 9.64 Å². The van der Waals surface area contributed by atoms with E-state index in [1.807, 2.05) is 30.2 Å². The molecular formula is C28H33N5O2. The highest BCUT2D eigenvalue weighted by Crippen LogP contribution is 2.35. The van der Waals surface area contributed by atoms with Crippen molar-refractivity contribution >= 4 is 5.91 Å². The van der Waals surface area contributed by atoms with E-state index in [2.05, 4.69) is 41.1 Å². The number of benzene rings is 1. The Kier molecular flexibility index (Phi) is 7.16. The molecule has 2 fully saturated rings. The summed E-state index contributed by atoms with van der Waals surface area (Å²) in [6.45, 7) is 8.63. The third kappa shape index (κ3) is 5.11. The lowest BCUT2D eigenvalue weighted by Crippen LogP contribution is -2.52. The molecule has 0 radical (unpaired) electrons. The Balaban J connectivity index is 1.47. The lowest BCUT2D eigenvalue weighted by molar-refractivity contribution is -0.139. The Morgan fingerprint density at radius 2 is 1.83 bits per heavy atom. The molecule has 0 N–H and O–H groups in total. The van der Waals surface area contributed by atoms with Crippen molar-refractivity contribution in [2.24, 2.45) is 0 Å². The van der Waals surface area contributed by atoms with Crippen LogP contribution < -0.4 is 0 Å². The van der Waals surface area contributed by atoms with Gasteiger partial charge in [0.2, 0.25) is 5.91 Å². The predicted octanol–water partition coefficient (Wildman–Crippen LogP) is 3.94. The zero-order valence-corrected chi connectivity index (χ0v) is 20.6. The fraction of sp³-hybridized carbons (Fsp3) is 0.429. The predicted molar refractivity (Wildman–Crippen MR) is 136 cm³/mol. The number of aryl methyl sites for hydroxylation is 1. The third-order valence-corrected chi connectivity index (χ3v) is 7.26. The number of amides is 1. The van der Waals surface area contributed by atoms with Crippen LogP contribution in [-0.4, -0.2) is 76.1 Å². The molecule has 5 rings (SSSR count). The normalized spacial score (nSPS) is 19.9. The summed E-state index contributed by atoms with van der Waals surface area (Å²) in [6, 6.07) is 12.1. The Bertz CT molecular complexity index is 1160. The first kappa shape index (κ1) is 23.6. The second-order valence-electron chi connectivity index (χ2n) is 9.49. The Labute approximate surface area is 207 Å². The zero-order valence-electron chi connectivity index (χ0n) is 20.6. The topological polar surface area (TPSA) is 71.5 Å². The Morgan fingerprint density at radius 1 is 1.06 bits per heavy atom. The number of aromatic nitrogens is 3. The van der Waals surface area contributed by atoms with E-state index < -0.39 is 0 Å². The summed E-state index contributed by atoms with van der Waals surface area (Å²) in [7, 11) is 0. The molecule has 2 atom stereocenters. The molecule has 7 heteroatoms. The maximum Gasteiger partial charge on any atom is 0.239 e. The first-order valence-electron chi connectivity index (χ1n) is 12.6. The zero-order chi connectivity index (χ0) is 24.2. The van der Waals surface area contributed by atoms with Crippen LogP contribution in [0.1, 0.15) is 36.9 Å². The van der Waals surface area contributed by atoms with E-state index in [0.29, 0.717) is 25.6 Å². The fourth-order valence-electron chi connectivity index (χ4n) is 5.21. The molecule has 4 heterocycles. The van der Waals surface area contributed by atoms with Crippen LogP contribution in [0, 0.1) is 6.92 Å². The van der Waals surface area contributed by atoms with Crippen molar-refractivity contribution in [3.8, 4) is 22.5 Å². The molecule has 35 heavy (non-hydrogen) atoms. The molecule has 2 aliphatic rings. The van der Waals surface area contributed by atoms with Gasteiger partial charge in [0, 0.05) is 61.8 Å². The summed E-state index contributed by atoms with van der Waals surface area (Å²) < 4.78 is 5.48. The van der Waals surface area contributed by atoms with E-state index in [4.69, 9.17) is 14.7 Å². The summed E-state index contributed by atoms with van der Waals surface area (Å²) in [6.07, 6.45) is 7.45. The van der Waals surface area contributed by atoms with Crippen LogP contribution in [0.2, 0.25) is 0 Å². The van der Waals surface area contributed by atoms with Gasteiger partial charge in [0.1, 0.15) is 0 Å². The van der Waals surface area contributed by atoms with Crippen molar-refractivity contribution < 1.29 is 9.53 Å². The number of morpholine rings is 1. The van der Waals surface area contributed by atoms with E-state index in [1.165, 1.54) is 5.56 Å². The first-order valence-corrected chi connectivity index (χ1v) is 12.6. The lowest BCUT2D eigenvalue weighted by Gasteiger charge is -2.38. The van der Waals surface area contributed by atoms with Gasteiger partial charge >= 0.3 is 0 Å². The van der Waals surface area contributed by atoms with Gasteiger partial charge in [-0.05, 0) is 49.9 Å². The van der Waals surface area contributed by atoms with Crippen molar-refractivity contribution in [1.82, 2.24) is 24.8 Å². The number of pyridine rings is 1. The molecule has 2 aliphatic heterocycles. The first-order chi connectivity index (χ1) is 17.1. The second-order valence-corrected chi connectivity index (χ2v) is 9.49. The molecule has 7 nitrogen and oxygen atoms in total. The van der Waals surface area contributed by atoms with E-state index in [0.717, 1.165) is 54.9 Å². The highest BCUT2D eigenvalue weighted by Gasteiger charge is 2.32. The van der Waals surface area contributed by atoms with Gasteiger partial charge in [0.25, 0.3) is 0 Å². The number of carbonyl (C=O) groups is 1. The largest absolute Gasteiger partial charge is 0.379 e. The minimum atomic E-state index is -0.133. The van der Waals surface area contributed by atoms with E-state index in [-0.39, 0.29) is 17.9 Å². The van der Waals surface area contributed by atoms with Gasteiger partial charge in [0.05, 0.1) is 24.9 Å². The van der Waals surface area contributed by atoms with Crippen LogP contribution in [0.3, 0.4) is 0 Å². The van der Waals surface area contributed by atoms with Crippen molar-refractivity contribution in [3.63, 3.8) is 0 Å². The second kappa shape index (κ2) is 10.6. The van der Waals surface area contributed by atoms with E-state index in [9.17, 15) is 4.79 Å². The SMILES string of the molecule is Cc1ccccc1-c1cnc(-c2ccncc2)nc1[C@H]1CCCN(C(=O)[C@H](C)N2CCOCC2)C1. The summed E-state index contributed by atoms with van der Waals surface area (Å²) in [5.74, 6) is 1.06. The number of hydrogen-bond acceptors (Lipinski definition) is 6. The molecule has 2 aromatic heterocycles. The van der Waals surface area contributed by atoms with Gasteiger partial charge in [0.15, 0.2) is 5.82 Å². The van der Waals surface area contributed by atoms with Crippen LogP contribution >= 0.6 is 0 Å². The number of likely N-dealkylation sites (tertiary alicyclic amines) is 1. The van der Waals surface area contributed by atoms with Crippen LogP contribution in [-0.2, 0) is 9.53 Å². The molecule has 0 bridgehead atoms. The van der Waals surface area contributed by atoms with E-state index >= 15 is 0 Å². The number of nitrogens with zero attached hydrogens (tertiary/aromatic N) is 5. The number of carbonyl (C=O) groups excluding carboxylic acids is 1. The molecule has 0 aliphatic carbocycles. The maximum atomic E-state index is 13.5. The van der Waals surface area contributed by atoms with Gasteiger partial charge in [-0.25, -0.2) is 9.97 Å². The molecule has 0 spiro atoms. The van der Waals surface area contributed by atoms with E-state index in [1.54, 1.807) is 12.4 Å². The van der Waals surface area contributed by atoms with Crippen LogP contribution in [0.25, 0.3) is 22.5 Å². The Morgan fingerprint density at radius 3 is 2.60 bits per heavy atom. The van der Waals surface area contributed by atoms with Crippen LogP contribution in [0.15, 0.2) is 55.0 Å². The fourth-order valence-corrected chi connectivity index (χ4v) is 5.21. The molecular weight excluding hydrogens is 438 g/mol. The van der Waals surface area contributed by atoms with Gasteiger partial charge in [-0.3, -0.25) is 14.7 Å². The molecule has 0 saturated carbocycles. The minimum Gasteiger partial charge on any atom is -0.379 e. The summed E-state index contributed by atoms with van der Waals surface area (Å²) >= 11 is 0. The van der Waals surface area contributed by atoms with Gasteiger partial charge in [-0.15, -0.1) is 0 Å². The van der Waals surface area contributed by atoms with Gasteiger partial charge in [-0.1, -0.05) is 24.3 Å². The standard InChI is InChI=1S/C28H33N5O2/c1-20-6-3-4-8-24(20)25-18-30-27(22-9-11-29-12-10-22)31-26(25)23-7-5-13-33(19-23)28(34)21(2)32-14-16-35-17-15-32/h3-4,6,8-12,18,21,23H,5,7,13-17,19H2,1-2H3/t21-,23-/m0/s1. The molecule has 182 valence electrons.